The van der Waals surface area contributed by atoms with Crippen LogP contribution in [0.25, 0.3) is 0 Å². The minimum absolute atomic E-state index is 0.0930. The van der Waals surface area contributed by atoms with Crippen molar-refractivity contribution in [1.82, 2.24) is 4.90 Å². The van der Waals surface area contributed by atoms with Crippen LogP contribution in [0.5, 0.6) is 0 Å². The topological polar surface area (TPSA) is 70.1 Å². The van der Waals surface area contributed by atoms with E-state index >= 15 is 0 Å². The van der Waals surface area contributed by atoms with Crippen LogP contribution in [0, 0.1) is 17.2 Å². The number of likely N-dealkylation sites (N-methyl/N-ethyl adjacent to an activating group) is 1. The van der Waals surface area contributed by atoms with Gasteiger partial charge in [-0.2, -0.15) is 5.26 Å². The molecule has 13 heavy (non-hydrogen) atoms. The van der Waals surface area contributed by atoms with Gasteiger partial charge in [0.05, 0.1) is 18.0 Å². The first-order chi connectivity index (χ1) is 6.02. The average Bonchev–Trinajstić information content (AvgIpc) is 2.12. The first-order valence-electron chi connectivity index (χ1n) is 4.46. The summed E-state index contributed by atoms with van der Waals surface area (Å²) in [7, 11) is 0. The number of carbonyl (C=O) groups is 1. The summed E-state index contributed by atoms with van der Waals surface area (Å²) < 4.78 is 0. The second kappa shape index (κ2) is 5.55. The fraction of sp³-hybridized carbons (Fsp3) is 0.778. The zero-order valence-corrected chi connectivity index (χ0v) is 8.45. The lowest BCUT2D eigenvalue weighted by molar-refractivity contribution is -0.132. The Balaban J connectivity index is 4.20. The van der Waals surface area contributed by atoms with Crippen molar-refractivity contribution in [2.75, 3.05) is 13.1 Å². The highest BCUT2D eigenvalue weighted by molar-refractivity contribution is 5.81. The highest BCUT2D eigenvalue weighted by atomic mass is 16.2. The number of amides is 1. The van der Waals surface area contributed by atoms with E-state index in [0.29, 0.717) is 13.1 Å². The molecule has 0 aromatic heterocycles. The Morgan fingerprint density at radius 3 is 2.46 bits per heavy atom. The number of hydrogen-bond acceptors (Lipinski definition) is 3. The van der Waals surface area contributed by atoms with Crippen LogP contribution in [-0.2, 0) is 4.79 Å². The fourth-order valence-electron chi connectivity index (χ4n) is 1.03. The molecule has 4 heteroatoms. The summed E-state index contributed by atoms with van der Waals surface area (Å²) in [6.45, 7) is 6.39. The monoisotopic (exact) mass is 183 g/mol. The Morgan fingerprint density at radius 1 is 1.62 bits per heavy atom. The molecule has 0 aromatic rings. The molecule has 0 saturated carbocycles. The molecule has 1 amide bonds. The van der Waals surface area contributed by atoms with E-state index in [1.54, 1.807) is 18.7 Å². The molecular formula is C9H17N3O. The lowest BCUT2D eigenvalue weighted by Crippen LogP contribution is -2.43. The Bertz CT molecular complexity index is 207. The molecule has 0 fully saturated rings. The number of nitrogens with zero attached hydrogens (tertiary/aromatic N) is 2. The molecule has 0 spiro atoms. The number of nitrogens with two attached hydrogens (primary N) is 1. The van der Waals surface area contributed by atoms with E-state index in [-0.39, 0.29) is 11.8 Å². The number of nitriles is 1. The highest BCUT2D eigenvalue weighted by Gasteiger charge is 2.17. The Labute approximate surface area is 79.3 Å². The van der Waals surface area contributed by atoms with E-state index < -0.39 is 6.04 Å². The predicted molar refractivity (Wildman–Crippen MR) is 50.7 cm³/mol. The van der Waals surface area contributed by atoms with Crippen LogP contribution < -0.4 is 5.73 Å². The van der Waals surface area contributed by atoms with Crippen LogP contribution in [0.15, 0.2) is 0 Å². The van der Waals surface area contributed by atoms with Gasteiger partial charge in [-0.05, 0) is 20.8 Å². The maximum Gasteiger partial charge on any atom is 0.239 e. The van der Waals surface area contributed by atoms with Gasteiger partial charge in [-0.3, -0.25) is 4.79 Å². The van der Waals surface area contributed by atoms with Crippen molar-refractivity contribution in [2.24, 2.45) is 11.7 Å². The van der Waals surface area contributed by atoms with Gasteiger partial charge in [0.1, 0.15) is 0 Å². The van der Waals surface area contributed by atoms with Gasteiger partial charge in [0.25, 0.3) is 0 Å². The van der Waals surface area contributed by atoms with E-state index in [0.717, 1.165) is 0 Å². The van der Waals surface area contributed by atoms with Gasteiger partial charge in [0.2, 0.25) is 5.91 Å². The van der Waals surface area contributed by atoms with Crippen molar-refractivity contribution in [3.05, 3.63) is 0 Å². The second-order valence-corrected chi connectivity index (χ2v) is 3.20. The van der Waals surface area contributed by atoms with Crippen molar-refractivity contribution in [2.45, 2.75) is 26.8 Å². The molecule has 0 rings (SSSR count). The zero-order chi connectivity index (χ0) is 10.4. The fourth-order valence-corrected chi connectivity index (χ4v) is 1.03. The Morgan fingerprint density at radius 2 is 2.15 bits per heavy atom. The van der Waals surface area contributed by atoms with Crippen LogP contribution in [0.2, 0.25) is 0 Å². The molecule has 0 saturated heterocycles. The largest absolute Gasteiger partial charge is 0.340 e. The molecule has 2 atom stereocenters. The van der Waals surface area contributed by atoms with Crippen LogP contribution in [0.3, 0.4) is 0 Å². The van der Waals surface area contributed by atoms with Gasteiger partial charge in [-0.25, -0.2) is 0 Å². The summed E-state index contributed by atoms with van der Waals surface area (Å²) in [4.78, 5) is 13.0. The molecular weight excluding hydrogens is 166 g/mol. The molecule has 74 valence electrons. The maximum absolute atomic E-state index is 11.4. The summed E-state index contributed by atoms with van der Waals surface area (Å²) in [5, 5.41) is 8.58. The van der Waals surface area contributed by atoms with Gasteiger partial charge in [0.15, 0.2) is 0 Å². The Hall–Kier alpha value is -1.08. The van der Waals surface area contributed by atoms with Gasteiger partial charge in [0, 0.05) is 13.1 Å². The van der Waals surface area contributed by atoms with Gasteiger partial charge in [-0.1, -0.05) is 0 Å². The van der Waals surface area contributed by atoms with Crippen molar-refractivity contribution in [1.29, 1.82) is 5.26 Å². The van der Waals surface area contributed by atoms with Gasteiger partial charge in [-0.15, -0.1) is 0 Å². The molecule has 2 unspecified atom stereocenters. The molecule has 2 N–H and O–H groups in total. The molecule has 4 nitrogen and oxygen atoms in total. The Kier molecular flexibility index (Phi) is 5.09. The SMILES string of the molecule is CCN(CC(C)C#N)C(=O)C(C)N. The molecule has 0 aliphatic carbocycles. The molecule has 0 radical (unpaired) electrons. The van der Waals surface area contributed by atoms with Crippen LogP contribution in [0.4, 0.5) is 0 Å². The van der Waals surface area contributed by atoms with Crippen molar-refractivity contribution >= 4 is 5.91 Å². The van der Waals surface area contributed by atoms with Crippen LogP contribution >= 0.6 is 0 Å². The normalized spacial score (nSPS) is 14.4. The van der Waals surface area contributed by atoms with Gasteiger partial charge < -0.3 is 10.6 Å². The van der Waals surface area contributed by atoms with E-state index in [1.165, 1.54) is 0 Å². The number of rotatable bonds is 4. The molecule has 0 aliphatic heterocycles. The smallest absolute Gasteiger partial charge is 0.239 e. The third-order valence-electron chi connectivity index (χ3n) is 1.80. The quantitative estimate of drug-likeness (QED) is 0.683. The highest BCUT2D eigenvalue weighted by Crippen LogP contribution is 2.00. The average molecular weight is 183 g/mol. The maximum atomic E-state index is 11.4. The summed E-state index contributed by atoms with van der Waals surface area (Å²) in [5.41, 5.74) is 5.46. The van der Waals surface area contributed by atoms with E-state index in [1.807, 2.05) is 6.92 Å². The third-order valence-corrected chi connectivity index (χ3v) is 1.80. The summed E-state index contributed by atoms with van der Waals surface area (Å²) in [6, 6.07) is 1.61. The van der Waals surface area contributed by atoms with E-state index in [2.05, 4.69) is 6.07 Å². The predicted octanol–water partition coefficient (Wildman–Crippen LogP) is 0.342. The number of carbonyl (C=O) groups excluding carboxylic acids is 1. The van der Waals surface area contributed by atoms with E-state index in [4.69, 9.17) is 11.0 Å². The number of hydrogen-bond donors (Lipinski definition) is 1. The summed E-state index contributed by atoms with van der Waals surface area (Å²) in [6.07, 6.45) is 0. The van der Waals surface area contributed by atoms with Crippen LogP contribution in [0.1, 0.15) is 20.8 Å². The van der Waals surface area contributed by atoms with Gasteiger partial charge >= 0.3 is 0 Å². The van der Waals surface area contributed by atoms with Crippen molar-refractivity contribution in [3.63, 3.8) is 0 Å². The first kappa shape index (κ1) is 11.9. The minimum atomic E-state index is -0.481. The van der Waals surface area contributed by atoms with Crippen molar-refractivity contribution in [3.8, 4) is 6.07 Å². The molecule has 0 aromatic carbocycles. The second-order valence-electron chi connectivity index (χ2n) is 3.20. The standard InChI is InChI=1S/C9H17N3O/c1-4-12(6-7(2)5-10)9(13)8(3)11/h7-8H,4,6,11H2,1-3H3. The first-order valence-corrected chi connectivity index (χ1v) is 4.46. The lowest BCUT2D eigenvalue weighted by atomic mass is 10.2. The van der Waals surface area contributed by atoms with Crippen LogP contribution in [-0.4, -0.2) is 29.9 Å². The summed E-state index contributed by atoms with van der Waals surface area (Å²) in [5.74, 6) is -0.229. The lowest BCUT2D eigenvalue weighted by Gasteiger charge is -2.23. The molecule has 0 heterocycles. The third kappa shape index (κ3) is 3.90. The summed E-state index contributed by atoms with van der Waals surface area (Å²) >= 11 is 0. The molecule has 0 aliphatic rings. The van der Waals surface area contributed by atoms with Crippen molar-refractivity contribution < 1.29 is 4.79 Å². The molecule has 0 bridgehead atoms. The minimum Gasteiger partial charge on any atom is -0.340 e. The van der Waals surface area contributed by atoms with E-state index in [9.17, 15) is 4.79 Å². The zero-order valence-electron chi connectivity index (χ0n) is 8.45.